The van der Waals surface area contributed by atoms with E-state index in [0.29, 0.717) is 11.4 Å². The van der Waals surface area contributed by atoms with Crippen LogP contribution in [0.4, 0.5) is 5.69 Å². The van der Waals surface area contributed by atoms with Gasteiger partial charge in [0, 0.05) is 18.3 Å². The zero-order chi connectivity index (χ0) is 20.8. The van der Waals surface area contributed by atoms with Gasteiger partial charge in [-0.3, -0.25) is 14.2 Å². The molecule has 0 saturated carbocycles. The lowest BCUT2D eigenvalue weighted by Gasteiger charge is -2.08. The predicted molar refractivity (Wildman–Crippen MR) is 114 cm³/mol. The van der Waals surface area contributed by atoms with E-state index in [1.807, 2.05) is 54.6 Å². The zero-order valence-corrected chi connectivity index (χ0v) is 16.7. The molecule has 1 amide bonds. The van der Waals surface area contributed by atoms with Crippen molar-refractivity contribution in [2.24, 2.45) is 7.05 Å². The van der Waals surface area contributed by atoms with Crippen molar-refractivity contribution in [3.05, 3.63) is 76.3 Å². The van der Waals surface area contributed by atoms with Gasteiger partial charge >= 0.3 is 5.69 Å². The lowest BCUT2D eigenvalue weighted by atomic mass is 10.1. The number of Topliss-reactive ketones (excluding diaryl/α,β-unsaturated/α-hetero) is 1. The topological polar surface area (TPSA) is 84.0 Å². The summed E-state index contributed by atoms with van der Waals surface area (Å²) < 4.78 is 1.38. The second-order valence-corrected chi connectivity index (χ2v) is 7.03. The van der Waals surface area contributed by atoms with Gasteiger partial charge in [-0.05, 0) is 30.5 Å². The van der Waals surface area contributed by atoms with E-state index < -0.39 is 17.4 Å². The maximum Gasteiger partial charge on any atom is 0.326 e. The van der Waals surface area contributed by atoms with Crippen LogP contribution in [0.25, 0.3) is 11.3 Å². The number of anilines is 1. The van der Waals surface area contributed by atoms with E-state index in [2.05, 4.69) is 17.2 Å². The number of rotatable bonds is 8. The van der Waals surface area contributed by atoms with E-state index in [0.717, 1.165) is 24.8 Å². The fraction of sp³-hybridized carbons (Fsp3) is 0.261. The minimum atomic E-state index is -0.432. The van der Waals surface area contributed by atoms with Gasteiger partial charge in [0.15, 0.2) is 5.78 Å². The molecule has 0 atom stereocenters. The van der Waals surface area contributed by atoms with E-state index in [9.17, 15) is 14.4 Å². The number of hydrogen-bond donors (Lipinski definition) is 2. The maximum absolute atomic E-state index is 12.7. The van der Waals surface area contributed by atoms with Crippen molar-refractivity contribution in [1.29, 1.82) is 0 Å². The van der Waals surface area contributed by atoms with Crippen LogP contribution in [-0.2, 0) is 18.3 Å². The molecule has 0 aliphatic rings. The largest absolute Gasteiger partial charge is 0.326 e. The van der Waals surface area contributed by atoms with Gasteiger partial charge in [-0.2, -0.15) is 0 Å². The number of carbonyl (C=O) groups is 2. The molecule has 0 fully saturated rings. The molecule has 0 unspecified atom stereocenters. The van der Waals surface area contributed by atoms with Gasteiger partial charge in [-0.1, -0.05) is 55.8 Å². The first-order chi connectivity index (χ1) is 14.0. The van der Waals surface area contributed by atoms with Crippen LogP contribution < -0.4 is 11.0 Å². The molecule has 0 bridgehead atoms. The Morgan fingerprint density at radius 2 is 1.72 bits per heavy atom. The highest BCUT2D eigenvalue weighted by Crippen LogP contribution is 2.22. The third-order valence-electron chi connectivity index (χ3n) is 4.81. The van der Waals surface area contributed by atoms with Gasteiger partial charge in [0.25, 0.3) is 0 Å². The highest BCUT2D eigenvalue weighted by molar-refractivity contribution is 6.12. The summed E-state index contributed by atoms with van der Waals surface area (Å²) in [6, 6.07) is 16.8. The van der Waals surface area contributed by atoms with Gasteiger partial charge in [0.1, 0.15) is 5.69 Å². The number of imidazole rings is 1. The first-order valence-electron chi connectivity index (χ1n) is 9.76. The molecule has 150 valence electrons. The lowest BCUT2D eigenvalue weighted by molar-refractivity contribution is -0.115. The van der Waals surface area contributed by atoms with E-state index in [-0.39, 0.29) is 12.1 Å². The maximum atomic E-state index is 12.7. The Labute approximate surface area is 169 Å². The van der Waals surface area contributed by atoms with Crippen molar-refractivity contribution < 1.29 is 9.59 Å². The monoisotopic (exact) mass is 391 g/mol. The second kappa shape index (κ2) is 9.19. The standard InChI is InChI=1S/C23H25N3O3/c1-3-4-8-16-11-13-18(14-12-16)24-20(28)15-19(27)21-22(26(2)23(29)25-21)17-9-6-5-7-10-17/h5-7,9-14H,3-4,8,15H2,1-2H3,(H,24,28)(H,25,29). The van der Waals surface area contributed by atoms with Gasteiger partial charge in [-0.15, -0.1) is 0 Å². The number of unbranched alkanes of at least 4 members (excludes halogenated alkanes) is 1. The highest BCUT2D eigenvalue weighted by atomic mass is 16.2. The summed E-state index contributed by atoms with van der Waals surface area (Å²) in [5.74, 6) is -0.848. The quantitative estimate of drug-likeness (QED) is 0.451. The number of amides is 1. The summed E-state index contributed by atoms with van der Waals surface area (Å²) >= 11 is 0. The number of carbonyl (C=O) groups excluding carboxylic acids is 2. The number of benzene rings is 2. The molecule has 1 aromatic heterocycles. The van der Waals surface area contributed by atoms with Crippen molar-refractivity contribution in [3.8, 4) is 11.3 Å². The molecule has 2 N–H and O–H groups in total. The Hall–Kier alpha value is -3.41. The van der Waals surface area contributed by atoms with Crippen LogP contribution >= 0.6 is 0 Å². The van der Waals surface area contributed by atoms with Crippen molar-refractivity contribution in [1.82, 2.24) is 9.55 Å². The van der Waals surface area contributed by atoms with Crippen molar-refractivity contribution in [2.45, 2.75) is 32.6 Å². The molecule has 0 radical (unpaired) electrons. The Balaban J connectivity index is 1.71. The summed E-state index contributed by atoms with van der Waals surface area (Å²) in [4.78, 5) is 39.8. The summed E-state index contributed by atoms with van der Waals surface area (Å²) in [6.07, 6.45) is 2.91. The van der Waals surface area contributed by atoms with E-state index in [1.54, 1.807) is 7.05 Å². The predicted octanol–water partition coefficient (Wildman–Crippen LogP) is 3.93. The molecular formula is C23H25N3O3. The fourth-order valence-corrected chi connectivity index (χ4v) is 3.23. The number of ketones is 1. The summed E-state index contributed by atoms with van der Waals surface area (Å²) in [7, 11) is 1.60. The third kappa shape index (κ3) is 4.90. The van der Waals surface area contributed by atoms with Crippen LogP contribution in [0.5, 0.6) is 0 Å². The minimum absolute atomic E-state index is 0.147. The normalized spacial score (nSPS) is 10.7. The summed E-state index contributed by atoms with van der Waals surface area (Å²) in [5, 5.41) is 2.75. The Kier molecular flexibility index (Phi) is 6.44. The van der Waals surface area contributed by atoms with Gasteiger partial charge in [0.05, 0.1) is 12.1 Å². The molecule has 6 heteroatoms. The Bertz CT molecular complexity index is 1050. The van der Waals surface area contributed by atoms with Crippen LogP contribution in [-0.4, -0.2) is 21.2 Å². The second-order valence-electron chi connectivity index (χ2n) is 7.03. The molecule has 0 saturated heterocycles. The van der Waals surface area contributed by atoms with Crippen molar-refractivity contribution >= 4 is 17.4 Å². The zero-order valence-electron chi connectivity index (χ0n) is 16.7. The Morgan fingerprint density at radius 1 is 1.03 bits per heavy atom. The highest BCUT2D eigenvalue weighted by Gasteiger charge is 2.21. The summed E-state index contributed by atoms with van der Waals surface area (Å²) in [6.45, 7) is 2.15. The number of aromatic nitrogens is 2. The molecule has 2 aromatic carbocycles. The SMILES string of the molecule is CCCCc1ccc(NC(=O)CC(=O)c2[nH]c(=O)n(C)c2-c2ccccc2)cc1. The Morgan fingerprint density at radius 3 is 2.38 bits per heavy atom. The van der Waals surface area contributed by atoms with Gasteiger partial charge < -0.3 is 10.3 Å². The summed E-state index contributed by atoms with van der Waals surface area (Å²) in [5.41, 5.74) is 2.83. The van der Waals surface area contributed by atoms with Crippen LogP contribution in [0.15, 0.2) is 59.4 Å². The van der Waals surface area contributed by atoms with E-state index in [1.165, 1.54) is 10.1 Å². The molecule has 3 rings (SSSR count). The lowest BCUT2D eigenvalue weighted by Crippen LogP contribution is -2.17. The minimum Gasteiger partial charge on any atom is -0.326 e. The molecule has 29 heavy (non-hydrogen) atoms. The first kappa shape index (κ1) is 20.3. The number of aromatic amines is 1. The molecule has 0 spiro atoms. The first-order valence-corrected chi connectivity index (χ1v) is 9.76. The van der Waals surface area contributed by atoms with Gasteiger partial charge in [0.2, 0.25) is 5.91 Å². The smallest absolute Gasteiger partial charge is 0.326 e. The van der Waals surface area contributed by atoms with Crippen molar-refractivity contribution in [2.75, 3.05) is 5.32 Å². The average molecular weight is 391 g/mol. The molecule has 0 aliphatic carbocycles. The van der Waals surface area contributed by atoms with Crippen molar-refractivity contribution in [3.63, 3.8) is 0 Å². The van der Waals surface area contributed by atoms with Crippen LogP contribution in [0, 0.1) is 0 Å². The van der Waals surface area contributed by atoms with Crippen LogP contribution in [0.2, 0.25) is 0 Å². The van der Waals surface area contributed by atoms with Crippen LogP contribution in [0.1, 0.15) is 42.2 Å². The number of aryl methyl sites for hydroxylation is 1. The average Bonchev–Trinajstić information content (AvgIpc) is 3.03. The van der Waals surface area contributed by atoms with E-state index >= 15 is 0 Å². The van der Waals surface area contributed by atoms with Crippen LogP contribution in [0.3, 0.4) is 0 Å². The fourth-order valence-electron chi connectivity index (χ4n) is 3.23. The molecular weight excluding hydrogens is 366 g/mol. The molecule has 3 aromatic rings. The molecule has 1 heterocycles. The van der Waals surface area contributed by atoms with E-state index in [4.69, 9.17) is 0 Å². The molecule has 6 nitrogen and oxygen atoms in total. The third-order valence-corrected chi connectivity index (χ3v) is 4.81. The molecule has 0 aliphatic heterocycles. The number of nitrogens with one attached hydrogen (secondary N) is 2. The number of H-pyrrole nitrogens is 1. The van der Waals surface area contributed by atoms with Gasteiger partial charge in [-0.25, -0.2) is 4.79 Å². The number of hydrogen-bond acceptors (Lipinski definition) is 3. The number of nitrogens with zero attached hydrogens (tertiary/aromatic N) is 1.